The van der Waals surface area contributed by atoms with Gasteiger partial charge in [-0.25, -0.2) is 9.59 Å². The molecule has 0 aromatic heterocycles. The van der Waals surface area contributed by atoms with E-state index in [2.05, 4.69) is 10.6 Å². The number of aryl methyl sites for hydroxylation is 1. The van der Waals surface area contributed by atoms with E-state index in [0.717, 1.165) is 17.5 Å². The summed E-state index contributed by atoms with van der Waals surface area (Å²) in [6, 6.07) is 5.19. The van der Waals surface area contributed by atoms with Crippen molar-refractivity contribution in [3.8, 4) is 5.75 Å². The van der Waals surface area contributed by atoms with Crippen LogP contribution in [0, 0.1) is 6.92 Å². The number of carbonyl (C=O) groups is 3. The second-order valence-electron chi connectivity index (χ2n) is 5.95. The average molecular weight is 350 g/mol. The summed E-state index contributed by atoms with van der Waals surface area (Å²) in [7, 11) is 0. The van der Waals surface area contributed by atoms with Crippen LogP contribution in [0.1, 0.15) is 44.2 Å². The normalized spacial score (nSPS) is 10.3. The SMILES string of the molecule is CCCNC(=O)NC(=O)COC(=O)COc1cc(C)ccc1C(C)C. The Bertz CT molecular complexity index is 613. The maximum absolute atomic E-state index is 11.7. The maximum atomic E-state index is 11.7. The van der Waals surface area contributed by atoms with Gasteiger partial charge in [-0.3, -0.25) is 10.1 Å². The molecular weight excluding hydrogens is 324 g/mol. The van der Waals surface area contributed by atoms with Crippen LogP contribution < -0.4 is 15.4 Å². The number of imide groups is 1. The Hall–Kier alpha value is -2.57. The Morgan fingerprint density at radius 1 is 1.16 bits per heavy atom. The summed E-state index contributed by atoms with van der Waals surface area (Å²) in [4.78, 5) is 34.5. The zero-order valence-electron chi connectivity index (χ0n) is 15.2. The molecule has 1 aromatic carbocycles. The van der Waals surface area contributed by atoms with Crippen molar-refractivity contribution in [2.75, 3.05) is 19.8 Å². The topological polar surface area (TPSA) is 93.7 Å². The Morgan fingerprint density at radius 2 is 1.88 bits per heavy atom. The van der Waals surface area contributed by atoms with Crippen molar-refractivity contribution >= 4 is 17.9 Å². The summed E-state index contributed by atoms with van der Waals surface area (Å²) in [6.07, 6.45) is 0.755. The smallest absolute Gasteiger partial charge is 0.344 e. The molecule has 1 rings (SSSR count). The number of rotatable bonds is 8. The molecule has 0 bridgehead atoms. The van der Waals surface area contributed by atoms with E-state index in [1.54, 1.807) is 0 Å². The molecule has 0 saturated carbocycles. The summed E-state index contributed by atoms with van der Waals surface area (Å²) in [6.45, 7) is 7.51. The van der Waals surface area contributed by atoms with Crippen molar-refractivity contribution in [2.24, 2.45) is 0 Å². The molecule has 0 aliphatic heterocycles. The van der Waals surface area contributed by atoms with Gasteiger partial charge in [0, 0.05) is 6.54 Å². The average Bonchev–Trinajstić information content (AvgIpc) is 2.56. The molecule has 0 radical (unpaired) electrons. The third-order valence-electron chi connectivity index (χ3n) is 3.29. The predicted octanol–water partition coefficient (Wildman–Crippen LogP) is 2.28. The monoisotopic (exact) mass is 350 g/mol. The number of ether oxygens (including phenoxy) is 2. The fraction of sp³-hybridized carbons (Fsp3) is 0.500. The van der Waals surface area contributed by atoms with Crippen LogP contribution in [0.15, 0.2) is 18.2 Å². The van der Waals surface area contributed by atoms with Crippen LogP contribution in [-0.4, -0.2) is 37.7 Å². The number of carbonyl (C=O) groups excluding carboxylic acids is 3. The van der Waals surface area contributed by atoms with Gasteiger partial charge in [-0.05, 0) is 36.5 Å². The molecule has 7 heteroatoms. The lowest BCUT2D eigenvalue weighted by Gasteiger charge is -2.14. The van der Waals surface area contributed by atoms with Gasteiger partial charge in [0.15, 0.2) is 13.2 Å². The van der Waals surface area contributed by atoms with Gasteiger partial charge >= 0.3 is 12.0 Å². The maximum Gasteiger partial charge on any atom is 0.344 e. The molecule has 1 aromatic rings. The van der Waals surface area contributed by atoms with E-state index in [4.69, 9.17) is 9.47 Å². The zero-order chi connectivity index (χ0) is 18.8. The zero-order valence-corrected chi connectivity index (χ0v) is 15.2. The van der Waals surface area contributed by atoms with Gasteiger partial charge in [-0.15, -0.1) is 0 Å². The van der Waals surface area contributed by atoms with E-state index in [0.29, 0.717) is 12.3 Å². The number of hydrogen-bond donors (Lipinski definition) is 2. The van der Waals surface area contributed by atoms with E-state index in [1.807, 2.05) is 45.9 Å². The van der Waals surface area contributed by atoms with Crippen molar-refractivity contribution < 1.29 is 23.9 Å². The first-order valence-electron chi connectivity index (χ1n) is 8.30. The molecule has 7 nitrogen and oxygen atoms in total. The van der Waals surface area contributed by atoms with Crippen molar-refractivity contribution in [3.63, 3.8) is 0 Å². The molecule has 2 N–H and O–H groups in total. The van der Waals surface area contributed by atoms with Gasteiger partial charge in [0.25, 0.3) is 5.91 Å². The Labute approximate surface area is 148 Å². The minimum absolute atomic E-state index is 0.249. The molecule has 0 aliphatic rings. The standard InChI is InChI=1S/C18H26N2O5/c1-5-8-19-18(23)20-16(21)10-25-17(22)11-24-15-9-13(4)6-7-14(15)12(2)3/h6-7,9,12H,5,8,10-11H2,1-4H3,(H2,19,20,21,23). The van der Waals surface area contributed by atoms with Gasteiger partial charge in [0.1, 0.15) is 5.75 Å². The van der Waals surface area contributed by atoms with Crippen LogP contribution in [-0.2, 0) is 14.3 Å². The lowest BCUT2D eigenvalue weighted by molar-refractivity contribution is -0.150. The highest BCUT2D eigenvalue weighted by molar-refractivity contribution is 5.95. The molecule has 0 spiro atoms. The molecule has 0 fully saturated rings. The van der Waals surface area contributed by atoms with Crippen molar-refractivity contribution in [1.82, 2.24) is 10.6 Å². The quantitative estimate of drug-likeness (QED) is 0.702. The number of amides is 3. The molecule has 3 amide bonds. The first-order valence-corrected chi connectivity index (χ1v) is 8.30. The first kappa shape index (κ1) is 20.5. The second kappa shape index (κ2) is 10.3. The van der Waals surface area contributed by atoms with Crippen LogP contribution in [0.25, 0.3) is 0 Å². The fourth-order valence-corrected chi connectivity index (χ4v) is 2.01. The Kier molecular flexibility index (Phi) is 8.46. The number of esters is 1. The summed E-state index contributed by atoms with van der Waals surface area (Å²) in [5.41, 5.74) is 2.01. The third kappa shape index (κ3) is 7.69. The summed E-state index contributed by atoms with van der Waals surface area (Å²) in [5, 5.41) is 4.55. The highest BCUT2D eigenvalue weighted by atomic mass is 16.6. The van der Waals surface area contributed by atoms with E-state index in [1.165, 1.54) is 0 Å². The van der Waals surface area contributed by atoms with Gasteiger partial charge in [-0.2, -0.15) is 0 Å². The predicted molar refractivity (Wildman–Crippen MR) is 93.6 cm³/mol. The van der Waals surface area contributed by atoms with Crippen LogP contribution in [0.4, 0.5) is 4.79 Å². The Morgan fingerprint density at radius 3 is 2.52 bits per heavy atom. The largest absolute Gasteiger partial charge is 0.482 e. The van der Waals surface area contributed by atoms with Crippen LogP contribution >= 0.6 is 0 Å². The molecule has 0 heterocycles. The van der Waals surface area contributed by atoms with Crippen molar-refractivity contribution in [3.05, 3.63) is 29.3 Å². The molecule has 25 heavy (non-hydrogen) atoms. The minimum Gasteiger partial charge on any atom is -0.482 e. The van der Waals surface area contributed by atoms with Crippen molar-refractivity contribution in [2.45, 2.75) is 40.0 Å². The first-order chi connectivity index (χ1) is 11.8. The van der Waals surface area contributed by atoms with Crippen molar-refractivity contribution in [1.29, 1.82) is 0 Å². The lowest BCUT2D eigenvalue weighted by atomic mass is 10.0. The van der Waals surface area contributed by atoms with E-state index < -0.39 is 24.5 Å². The fourth-order valence-electron chi connectivity index (χ4n) is 2.01. The molecule has 138 valence electrons. The number of nitrogens with one attached hydrogen (secondary N) is 2. The summed E-state index contributed by atoms with van der Waals surface area (Å²) in [5.74, 6) is -0.505. The van der Waals surface area contributed by atoms with E-state index >= 15 is 0 Å². The third-order valence-corrected chi connectivity index (χ3v) is 3.29. The highest BCUT2D eigenvalue weighted by Crippen LogP contribution is 2.27. The Balaban J connectivity index is 2.42. The summed E-state index contributed by atoms with van der Waals surface area (Å²) >= 11 is 0. The molecular formula is C18H26N2O5. The number of hydrogen-bond acceptors (Lipinski definition) is 5. The lowest BCUT2D eigenvalue weighted by Crippen LogP contribution is -2.41. The molecule has 0 saturated heterocycles. The summed E-state index contributed by atoms with van der Waals surface area (Å²) < 4.78 is 10.3. The number of benzene rings is 1. The van der Waals surface area contributed by atoms with Crippen LogP contribution in [0.3, 0.4) is 0 Å². The number of urea groups is 1. The second-order valence-corrected chi connectivity index (χ2v) is 5.95. The van der Waals surface area contributed by atoms with E-state index in [9.17, 15) is 14.4 Å². The van der Waals surface area contributed by atoms with E-state index in [-0.39, 0.29) is 12.5 Å². The van der Waals surface area contributed by atoms with Crippen LogP contribution in [0.5, 0.6) is 5.75 Å². The van der Waals surface area contributed by atoms with Crippen LogP contribution in [0.2, 0.25) is 0 Å². The molecule has 0 atom stereocenters. The van der Waals surface area contributed by atoms with Gasteiger partial charge in [0.2, 0.25) is 0 Å². The van der Waals surface area contributed by atoms with Gasteiger partial charge in [-0.1, -0.05) is 32.9 Å². The highest BCUT2D eigenvalue weighted by Gasteiger charge is 2.13. The van der Waals surface area contributed by atoms with Gasteiger partial charge in [0.05, 0.1) is 0 Å². The van der Waals surface area contributed by atoms with Gasteiger partial charge < -0.3 is 14.8 Å². The molecule has 0 aliphatic carbocycles. The minimum atomic E-state index is -0.694. The molecule has 0 unspecified atom stereocenters.